The second kappa shape index (κ2) is 13.5. The van der Waals surface area contributed by atoms with Crippen molar-refractivity contribution in [1.29, 1.82) is 0 Å². The van der Waals surface area contributed by atoms with E-state index < -0.39 is 17.6 Å². The standard InChI is InChI=1S/C30H33F3N4O3/c1-40-18-6-13-34-29(39)26-20-25(35-28(38)23-9-5-10-24(19-23)30(31,32)33)11-12-27(26)37-16-14-36(15-17-37)21-22-7-3-2-4-8-22/h2-5,7-12,19-20H,6,13-18,21H2,1H3,(H,34,39)(H,35,38). The molecule has 212 valence electrons. The van der Waals surface area contributed by atoms with Crippen molar-refractivity contribution in [1.82, 2.24) is 10.2 Å². The number of ether oxygens (including phenoxy) is 1. The molecule has 0 aromatic heterocycles. The van der Waals surface area contributed by atoms with Crippen LogP contribution in [0.5, 0.6) is 0 Å². The van der Waals surface area contributed by atoms with Crippen LogP contribution in [0.1, 0.15) is 38.3 Å². The Bertz CT molecular complexity index is 1290. The fourth-order valence-corrected chi connectivity index (χ4v) is 4.61. The number of piperazine rings is 1. The van der Waals surface area contributed by atoms with E-state index in [0.717, 1.165) is 37.5 Å². The molecule has 0 radical (unpaired) electrons. The van der Waals surface area contributed by atoms with Crippen molar-refractivity contribution in [3.63, 3.8) is 0 Å². The van der Waals surface area contributed by atoms with Gasteiger partial charge in [0.2, 0.25) is 0 Å². The molecule has 0 atom stereocenters. The zero-order chi connectivity index (χ0) is 28.5. The van der Waals surface area contributed by atoms with E-state index in [1.165, 1.54) is 17.7 Å². The van der Waals surface area contributed by atoms with Crippen LogP contribution in [0.4, 0.5) is 24.5 Å². The summed E-state index contributed by atoms with van der Waals surface area (Å²) in [5.74, 6) is -0.993. The Hall–Kier alpha value is -3.89. The largest absolute Gasteiger partial charge is 0.416 e. The van der Waals surface area contributed by atoms with Crippen LogP contribution >= 0.6 is 0 Å². The molecule has 4 rings (SSSR count). The maximum atomic E-state index is 13.2. The van der Waals surface area contributed by atoms with Crippen molar-refractivity contribution in [2.45, 2.75) is 19.1 Å². The number of amides is 2. The third-order valence-electron chi connectivity index (χ3n) is 6.72. The Kier molecular flexibility index (Phi) is 9.79. The molecule has 0 unspecified atom stereocenters. The van der Waals surface area contributed by atoms with Gasteiger partial charge in [0.05, 0.1) is 11.1 Å². The number of hydrogen-bond donors (Lipinski definition) is 2. The lowest BCUT2D eigenvalue weighted by molar-refractivity contribution is -0.137. The van der Waals surface area contributed by atoms with Gasteiger partial charge in [0.1, 0.15) is 0 Å². The minimum Gasteiger partial charge on any atom is -0.385 e. The van der Waals surface area contributed by atoms with Gasteiger partial charge in [-0.3, -0.25) is 14.5 Å². The van der Waals surface area contributed by atoms with Crippen LogP contribution < -0.4 is 15.5 Å². The van der Waals surface area contributed by atoms with Gasteiger partial charge in [0.25, 0.3) is 11.8 Å². The molecule has 1 heterocycles. The van der Waals surface area contributed by atoms with Gasteiger partial charge in [-0.1, -0.05) is 36.4 Å². The van der Waals surface area contributed by atoms with Crippen molar-refractivity contribution in [3.8, 4) is 0 Å². The molecule has 1 fully saturated rings. The number of methoxy groups -OCH3 is 1. The molecule has 3 aromatic rings. The molecule has 2 amide bonds. The molecule has 10 heteroatoms. The summed E-state index contributed by atoms with van der Waals surface area (Å²) < 4.78 is 44.4. The highest BCUT2D eigenvalue weighted by atomic mass is 19.4. The molecule has 1 saturated heterocycles. The van der Waals surface area contributed by atoms with E-state index in [-0.39, 0.29) is 11.5 Å². The highest BCUT2D eigenvalue weighted by molar-refractivity contribution is 6.06. The summed E-state index contributed by atoms with van der Waals surface area (Å²) in [5, 5.41) is 5.54. The number of hydrogen-bond acceptors (Lipinski definition) is 5. The summed E-state index contributed by atoms with van der Waals surface area (Å²) in [6, 6.07) is 19.5. The summed E-state index contributed by atoms with van der Waals surface area (Å²) in [4.78, 5) is 30.5. The van der Waals surface area contributed by atoms with Crippen LogP contribution in [-0.2, 0) is 17.5 Å². The predicted octanol–water partition coefficient (Wildman–Crippen LogP) is 5.05. The minimum atomic E-state index is -4.56. The lowest BCUT2D eigenvalue weighted by Crippen LogP contribution is -2.46. The van der Waals surface area contributed by atoms with Gasteiger partial charge in [-0.05, 0) is 48.4 Å². The lowest BCUT2D eigenvalue weighted by Gasteiger charge is -2.37. The van der Waals surface area contributed by atoms with E-state index in [9.17, 15) is 22.8 Å². The first-order valence-corrected chi connectivity index (χ1v) is 13.2. The topological polar surface area (TPSA) is 73.9 Å². The zero-order valence-corrected chi connectivity index (χ0v) is 22.3. The van der Waals surface area contributed by atoms with Crippen molar-refractivity contribution in [3.05, 3.63) is 95.1 Å². The average Bonchev–Trinajstić information content (AvgIpc) is 2.96. The molecule has 0 saturated carbocycles. The number of benzene rings is 3. The van der Waals surface area contributed by atoms with Gasteiger partial charge in [0, 0.05) is 69.9 Å². The fourth-order valence-electron chi connectivity index (χ4n) is 4.61. The maximum absolute atomic E-state index is 13.2. The first-order chi connectivity index (χ1) is 19.2. The molecule has 0 aliphatic carbocycles. The van der Waals surface area contributed by atoms with Crippen molar-refractivity contribution < 1.29 is 27.5 Å². The fraction of sp³-hybridized carbons (Fsp3) is 0.333. The number of nitrogens with one attached hydrogen (secondary N) is 2. The van der Waals surface area contributed by atoms with Crippen LogP contribution in [0, 0.1) is 0 Å². The van der Waals surface area contributed by atoms with E-state index >= 15 is 0 Å². The third kappa shape index (κ3) is 7.83. The van der Waals surface area contributed by atoms with Gasteiger partial charge in [-0.15, -0.1) is 0 Å². The molecular weight excluding hydrogens is 521 g/mol. The van der Waals surface area contributed by atoms with Crippen molar-refractivity contribution >= 4 is 23.2 Å². The van der Waals surface area contributed by atoms with Gasteiger partial charge < -0.3 is 20.3 Å². The number of alkyl halides is 3. The predicted molar refractivity (Wildman–Crippen MR) is 149 cm³/mol. The number of carbonyl (C=O) groups is 2. The first-order valence-electron chi connectivity index (χ1n) is 13.2. The van der Waals surface area contributed by atoms with E-state index in [1.807, 2.05) is 18.2 Å². The van der Waals surface area contributed by atoms with Gasteiger partial charge >= 0.3 is 6.18 Å². The van der Waals surface area contributed by atoms with Gasteiger partial charge in [-0.25, -0.2) is 0 Å². The van der Waals surface area contributed by atoms with Crippen LogP contribution in [0.3, 0.4) is 0 Å². The smallest absolute Gasteiger partial charge is 0.385 e. The quantitative estimate of drug-likeness (QED) is 0.344. The molecule has 2 N–H and O–H groups in total. The summed E-state index contributed by atoms with van der Waals surface area (Å²) in [6.45, 7) is 4.83. The normalized spacial score (nSPS) is 14.2. The molecule has 1 aliphatic heterocycles. The Balaban J connectivity index is 1.50. The monoisotopic (exact) mass is 554 g/mol. The lowest BCUT2D eigenvalue weighted by atomic mass is 10.1. The molecular formula is C30H33F3N4O3. The van der Waals surface area contributed by atoms with Gasteiger partial charge in [0.15, 0.2) is 0 Å². The third-order valence-corrected chi connectivity index (χ3v) is 6.72. The van der Waals surface area contributed by atoms with Gasteiger partial charge in [-0.2, -0.15) is 13.2 Å². The van der Waals surface area contributed by atoms with E-state index in [2.05, 4.69) is 32.6 Å². The number of anilines is 2. The number of halogens is 3. The van der Waals surface area contributed by atoms with Crippen LogP contribution in [0.2, 0.25) is 0 Å². The first kappa shape index (κ1) is 29.1. The molecule has 0 spiro atoms. The number of nitrogens with zero attached hydrogens (tertiary/aromatic N) is 2. The Morgan fingerprint density at radius 1 is 0.900 bits per heavy atom. The number of rotatable bonds is 10. The van der Waals surface area contributed by atoms with Crippen molar-refractivity contribution in [2.24, 2.45) is 0 Å². The van der Waals surface area contributed by atoms with E-state index in [0.29, 0.717) is 43.9 Å². The van der Waals surface area contributed by atoms with Crippen molar-refractivity contribution in [2.75, 3.05) is 56.7 Å². The van der Waals surface area contributed by atoms with Crippen LogP contribution in [-0.4, -0.2) is 63.2 Å². The Labute approximate surface area is 231 Å². The second-order valence-electron chi connectivity index (χ2n) is 9.62. The SMILES string of the molecule is COCCCNC(=O)c1cc(NC(=O)c2cccc(C(F)(F)F)c2)ccc1N1CCN(Cc2ccccc2)CC1. The summed E-state index contributed by atoms with van der Waals surface area (Å²) in [6.07, 6.45) is -3.92. The minimum absolute atomic E-state index is 0.126. The molecule has 3 aromatic carbocycles. The molecule has 0 bridgehead atoms. The average molecular weight is 555 g/mol. The highest BCUT2D eigenvalue weighted by Gasteiger charge is 2.31. The molecule has 1 aliphatic rings. The highest BCUT2D eigenvalue weighted by Crippen LogP contribution is 2.30. The van der Waals surface area contributed by atoms with Crippen LogP contribution in [0.15, 0.2) is 72.8 Å². The summed E-state index contributed by atoms with van der Waals surface area (Å²) in [5.41, 5.74) is 1.65. The van der Waals surface area contributed by atoms with E-state index in [4.69, 9.17) is 4.74 Å². The Morgan fingerprint density at radius 3 is 2.35 bits per heavy atom. The summed E-state index contributed by atoms with van der Waals surface area (Å²) >= 11 is 0. The number of carbonyl (C=O) groups excluding carboxylic acids is 2. The van der Waals surface area contributed by atoms with Crippen LogP contribution in [0.25, 0.3) is 0 Å². The zero-order valence-electron chi connectivity index (χ0n) is 22.3. The van der Waals surface area contributed by atoms with E-state index in [1.54, 1.807) is 25.3 Å². The maximum Gasteiger partial charge on any atom is 0.416 e. The molecule has 40 heavy (non-hydrogen) atoms. The molecule has 7 nitrogen and oxygen atoms in total. The Morgan fingerprint density at radius 2 is 1.65 bits per heavy atom. The summed E-state index contributed by atoms with van der Waals surface area (Å²) in [7, 11) is 1.59. The second-order valence-corrected chi connectivity index (χ2v) is 9.62.